The van der Waals surface area contributed by atoms with E-state index in [9.17, 15) is 4.79 Å². The van der Waals surface area contributed by atoms with Gasteiger partial charge in [-0.3, -0.25) is 4.79 Å². The monoisotopic (exact) mass is 290 g/mol. The van der Waals surface area contributed by atoms with Gasteiger partial charge in [0, 0.05) is 39.3 Å². The molecule has 21 heavy (non-hydrogen) atoms. The van der Waals surface area contributed by atoms with Crippen molar-refractivity contribution >= 4 is 5.91 Å². The van der Waals surface area contributed by atoms with E-state index in [4.69, 9.17) is 0 Å². The lowest BCUT2D eigenvalue weighted by atomic mass is 10.0. The van der Waals surface area contributed by atoms with Crippen molar-refractivity contribution in [1.29, 1.82) is 0 Å². The van der Waals surface area contributed by atoms with Crippen molar-refractivity contribution in [3.63, 3.8) is 0 Å². The number of hydrogen-bond donors (Lipinski definition) is 1. The quantitative estimate of drug-likeness (QED) is 0.861. The number of aryl methyl sites for hydroxylation is 3. The molecule has 0 aliphatic carbocycles. The predicted octanol–water partition coefficient (Wildman–Crippen LogP) is 0.995. The summed E-state index contributed by atoms with van der Waals surface area (Å²) in [5, 5.41) is 10.9. The third kappa shape index (κ3) is 3.68. The van der Waals surface area contributed by atoms with Crippen LogP contribution in [0.1, 0.15) is 38.0 Å². The summed E-state index contributed by atoms with van der Waals surface area (Å²) >= 11 is 0. The fraction of sp³-hybridized carbons (Fsp3) is 0.571. The highest BCUT2D eigenvalue weighted by molar-refractivity contribution is 5.76. The molecule has 2 aromatic rings. The van der Waals surface area contributed by atoms with Crippen molar-refractivity contribution in [1.82, 2.24) is 29.6 Å². The fourth-order valence-electron chi connectivity index (χ4n) is 2.21. The van der Waals surface area contributed by atoms with Gasteiger partial charge < -0.3 is 14.5 Å². The van der Waals surface area contributed by atoms with Gasteiger partial charge in [0.15, 0.2) is 0 Å². The maximum absolute atomic E-state index is 12.2. The van der Waals surface area contributed by atoms with E-state index in [2.05, 4.69) is 34.3 Å². The molecular formula is C14H22N6O. The zero-order chi connectivity index (χ0) is 15.4. The summed E-state index contributed by atoms with van der Waals surface area (Å²) < 4.78 is 3.76. The lowest BCUT2D eigenvalue weighted by Gasteiger charge is -2.22. The third-order valence-electron chi connectivity index (χ3n) is 3.50. The summed E-state index contributed by atoms with van der Waals surface area (Å²) in [7, 11) is 3.81. The number of carbonyl (C=O) groups excluding carboxylic acids is 1. The topological polar surface area (TPSA) is 77.6 Å². The Morgan fingerprint density at radius 1 is 1.33 bits per heavy atom. The van der Waals surface area contributed by atoms with Crippen molar-refractivity contribution in [2.75, 3.05) is 0 Å². The molecule has 1 amide bonds. The molecule has 0 saturated carbocycles. The van der Waals surface area contributed by atoms with Gasteiger partial charge in [-0.25, -0.2) is 4.98 Å². The Labute approximate surface area is 124 Å². The zero-order valence-corrected chi connectivity index (χ0v) is 12.9. The third-order valence-corrected chi connectivity index (χ3v) is 3.50. The van der Waals surface area contributed by atoms with E-state index in [1.807, 2.05) is 29.4 Å². The second-order valence-corrected chi connectivity index (χ2v) is 5.54. The lowest BCUT2D eigenvalue weighted by molar-refractivity contribution is -0.122. The molecule has 0 saturated heterocycles. The van der Waals surface area contributed by atoms with Crippen molar-refractivity contribution in [3.8, 4) is 0 Å². The van der Waals surface area contributed by atoms with Gasteiger partial charge >= 0.3 is 0 Å². The average molecular weight is 290 g/mol. The normalized spacial score (nSPS) is 12.6. The number of hydrogen-bond acceptors (Lipinski definition) is 4. The summed E-state index contributed by atoms with van der Waals surface area (Å²) in [6.45, 7) is 4.14. The molecule has 7 heteroatoms. The second kappa shape index (κ2) is 6.51. The Balaban J connectivity index is 1.96. The molecule has 2 rings (SSSR count). The van der Waals surface area contributed by atoms with Crippen LogP contribution in [0.5, 0.6) is 0 Å². The first-order chi connectivity index (χ1) is 9.99. The maximum atomic E-state index is 12.2. The second-order valence-electron chi connectivity index (χ2n) is 5.54. The fourth-order valence-corrected chi connectivity index (χ4v) is 2.21. The molecule has 0 aliphatic rings. The molecule has 0 fully saturated rings. The van der Waals surface area contributed by atoms with Crippen LogP contribution in [0.15, 0.2) is 18.7 Å². The molecule has 114 valence electrons. The molecule has 1 N–H and O–H groups in total. The molecule has 1 atom stereocenters. The predicted molar refractivity (Wildman–Crippen MR) is 78.3 cm³/mol. The minimum atomic E-state index is -0.0861. The van der Waals surface area contributed by atoms with Crippen molar-refractivity contribution in [2.45, 2.75) is 32.7 Å². The van der Waals surface area contributed by atoms with Crippen LogP contribution < -0.4 is 5.32 Å². The Hall–Kier alpha value is -2.18. The Morgan fingerprint density at radius 2 is 2.10 bits per heavy atom. The van der Waals surface area contributed by atoms with Crippen molar-refractivity contribution in [3.05, 3.63) is 30.4 Å². The zero-order valence-electron chi connectivity index (χ0n) is 12.9. The molecular weight excluding hydrogens is 268 g/mol. The molecule has 0 aliphatic heterocycles. The van der Waals surface area contributed by atoms with Crippen LogP contribution in [0.2, 0.25) is 0 Å². The van der Waals surface area contributed by atoms with Crippen molar-refractivity contribution < 1.29 is 4.79 Å². The first kappa shape index (κ1) is 15.2. The smallest absolute Gasteiger partial charge is 0.221 e. The molecule has 0 aromatic carbocycles. The lowest BCUT2D eigenvalue weighted by Crippen LogP contribution is -2.33. The van der Waals surface area contributed by atoms with Gasteiger partial charge in [0.25, 0.3) is 0 Å². The molecule has 2 heterocycles. The van der Waals surface area contributed by atoms with E-state index in [0.717, 1.165) is 11.6 Å². The molecule has 0 unspecified atom stereocenters. The standard InChI is InChI=1S/C14H22N6O/c1-10(2)13(14-15-7-8-19(14)3)17-12(21)6-5-11-18-16-9-20(11)4/h7-10,13H,5-6H2,1-4H3,(H,17,21)/t13-/m1/s1. The van der Waals surface area contributed by atoms with Gasteiger partial charge in [-0.15, -0.1) is 10.2 Å². The molecule has 0 spiro atoms. The van der Waals surface area contributed by atoms with Gasteiger partial charge in [-0.1, -0.05) is 13.8 Å². The summed E-state index contributed by atoms with van der Waals surface area (Å²) in [6, 6.07) is -0.0861. The van der Waals surface area contributed by atoms with Crippen LogP contribution in [-0.4, -0.2) is 30.2 Å². The van der Waals surface area contributed by atoms with Gasteiger partial charge in [0.2, 0.25) is 5.91 Å². The van der Waals surface area contributed by atoms with Gasteiger partial charge in [-0.05, 0) is 5.92 Å². The first-order valence-electron chi connectivity index (χ1n) is 7.08. The highest BCUT2D eigenvalue weighted by Gasteiger charge is 2.21. The molecule has 0 bridgehead atoms. The molecule has 7 nitrogen and oxygen atoms in total. The number of amides is 1. The van der Waals surface area contributed by atoms with Crippen molar-refractivity contribution in [2.24, 2.45) is 20.0 Å². The number of aromatic nitrogens is 5. The van der Waals surface area contributed by atoms with E-state index in [0.29, 0.717) is 12.8 Å². The molecule has 2 aromatic heterocycles. The van der Waals surface area contributed by atoms with E-state index in [-0.39, 0.29) is 17.9 Å². The van der Waals surface area contributed by atoms with Gasteiger partial charge in [0.05, 0.1) is 6.04 Å². The van der Waals surface area contributed by atoms with Crippen LogP contribution >= 0.6 is 0 Å². The first-order valence-corrected chi connectivity index (χ1v) is 7.08. The van der Waals surface area contributed by atoms with E-state index >= 15 is 0 Å². The summed E-state index contributed by atoms with van der Waals surface area (Å²) in [5.74, 6) is 1.95. The Morgan fingerprint density at radius 3 is 2.62 bits per heavy atom. The Kier molecular flexibility index (Phi) is 4.72. The average Bonchev–Trinajstić information content (AvgIpc) is 3.02. The number of carbonyl (C=O) groups is 1. The number of rotatable bonds is 6. The maximum Gasteiger partial charge on any atom is 0.221 e. The van der Waals surface area contributed by atoms with Crippen LogP contribution in [0.3, 0.4) is 0 Å². The summed E-state index contributed by atoms with van der Waals surface area (Å²) in [6.07, 6.45) is 6.23. The summed E-state index contributed by atoms with van der Waals surface area (Å²) in [5.41, 5.74) is 0. The van der Waals surface area contributed by atoms with Crippen LogP contribution in [0, 0.1) is 5.92 Å². The highest BCUT2D eigenvalue weighted by atomic mass is 16.1. The summed E-state index contributed by atoms with van der Waals surface area (Å²) in [4.78, 5) is 16.5. The SMILES string of the molecule is CC(C)[C@@H](NC(=O)CCc1nncn1C)c1nccn1C. The van der Waals surface area contributed by atoms with E-state index in [1.54, 1.807) is 12.5 Å². The van der Waals surface area contributed by atoms with E-state index in [1.165, 1.54) is 0 Å². The largest absolute Gasteiger partial charge is 0.346 e. The van der Waals surface area contributed by atoms with Crippen LogP contribution in [0.25, 0.3) is 0 Å². The minimum Gasteiger partial charge on any atom is -0.346 e. The minimum absolute atomic E-state index is 0.000278. The number of imidazole rings is 1. The highest BCUT2D eigenvalue weighted by Crippen LogP contribution is 2.19. The van der Waals surface area contributed by atoms with Crippen LogP contribution in [-0.2, 0) is 25.3 Å². The van der Waals surface area contributed by atoms with Gasteiger partial charge in [-0.2, -0.15) is 0 Å². The molecule has 0 radical (unpaired) electrons. The number of nitrogens with one attached hydrogen (secondary N) is 1. The van der Waals surface area contributed by atoms with Gasteiger partial charge in [0.1, 0.15) is 18.0 Å². The number of nitrogens with zero attached hydrogens (tertiary/aromatic N) is 5. The Bertz CT molecular complexity index is 600. The van der Waals surface area contributed by atoms with E-state index < -0.39 is 0 Å². The van der Waals surface area contributed by atoms with Crippen LogP contribution in [0.4, 0.5) is 0 Å².